The highest BCUT2D eigenvalue weighted by Gasteiger charge is 2.14. The number of halogens is 1. The number of carbonyl (C=O) groups excluding carboxylic acids is 1. The maximum absolute atomic E-state index is 12.4. The van der Waals surface area contributed by atoms with Gasteiger partial charge in [0.1, 0.15) is 5.75 Å². The molecule has 120 valence electrons. The van der Waals surface area contributed by atoms with Gasteiger partial charge in [-0.15, -0.1) is 11.3 Å². The molecule has 1 amide bonds. The first kappa shape index (κ1) is 15.2. The Bertz CT molecular complexity index is 923. The molecule has 0 spiro atoms. The van der Waals surface area contributed by atoms with Crippen molar-refractivity contribution in [2.75, 3.05) is 11.9 Å². The zero-order chi connectivity index (χ0) is 16.5. The summed E-state index contributed by atoms with van der Waals surface area (Å²) in [4.78, 5) is 16.6. The molecule has 1 aliphatic heterocycles. The fourth-order valence-electron chi connectivity index (χ4n) is 2.67. The van der Waals surface area contributed by atoms with E-state index in [2.05, 4.69) is 16.4 Å². The number of thiophene rings is 1. The first-order valence-corrected chi connectivity index (χ1v) is 8.71. The van der Waals surface area contributed by atoms with Crippen LogP contribution in [-0.2, 0) is 6.42 Å². The van der Waals surface area contributed by atoms with Crippen LogP contribution in [0.3, 0.4) is 0 Å². The lowest BCUT2D eigenvalue weighted by Gasteiger charge is -2.07. The fourth-order valence-corrected chi connectivity index (χ4v) is 3.48. The van der Waals surface area contributed by atoms with E-state index in [-0.39, 0.29) is 5.91 Å². The lowest BCUT2D eigenvalue weighted by Crippen LogP contribution is -2.11. The van der Waals surface area contributed by atoms with Gasteiger partial charge in [0.05, 0.1) is 22.2 Å². The number of pyridine rings is 1. The Labute approximate surface area is 148 Å². The first-order valence-electron chi connectivity index (χ1n) is 7.45. The zero-order valence-electron chi connectivity index (χ0n) is 12.6. The molecule has 2 aromatic heterocycles. The van der Waals surface area contributed by atoms with E-state index in [9.17, 15) is 4.79 Å². The van der Waals surface area contributed by atoms with Crippen molar-refractivity contribution in [2.24, 2.45) is 0 Å². The van der Waals surface area contributed by atoms with Crippen molar-refractivity contribution in [3.05, 3.63) is 63.6 Å². The van der Waals surface area contributed by atoms with Gasteiger partial charge in [-0.2, -0.15) is 0 Å². The van der Waals surface area contributed by atoms with Gasteiger partial charge in [-0.25, -0.2) is 0 Å². The molecule has 0 saturated carbocycles. The minimum atomic E-state index is -0.205. The SMILES string of the molecule is O=C(Nc1csc(Cl)c1)c1cncc(-c2ccc3c(c2)CCO3)c1. The topological polar surface area (TPSA) is 51.2 Å². The van der Waals surface area contributed by atoms with E-state index in [0.29, 0.717) is 15.6 Å². The zero-order valence-corrected chi connectivity index (χ0v) is 14.2. The average Bonchev–Trinajstić information content (AvgIpc) is 3.23. The van der Waals surface area contributed by atoms with Crippen LogP contribution in [0.4, 0.5) is 5.69 Å². The molecule has 0 bridgehead atoms. The molecule has 3 aromatic rings. The largest absolute Gasteiger partial charge is 0.493 e. The second-order valence-electron chi connectivity index (χ2n) is 5.48. The Kier molecular flexibility index (Phi) is 3.96. The molecule has 0 atom stereocenters. The smallest absolute Gasteiger partial charge is 0.257 e. The third kappa shape index (κ3) is 3.00. The molecule has 6 heteroatoms. The molecular weight excluding hydrogens is 344 g/mol. The lowest BCUT2D eigenvalue weighted by atomic mass is 10.0. The van der Waals surface area contributed by atoms with Gasteiger partial charge >= 0.3 is 0 Å². The van der Waals surface area contributed by atoms with Gasteiger partial charge in [-0.05, 0) is 35.4 Å². The van der Waals surface area contributed by atoms with Crippen LogP contribution in [-0.4, -0.2) is 17.5 Å². The highest BCUT2D eigenvalue weighted by atomic mass is 35.5. The quantitative estimate of drug-likeness (QED) is 0.743. The van der Waals surface area contributed by atoms with Gasteiger partial charge in [-0.1, -0.05) is 17.7 Å². The molecule has 0 unspecified atom stereocenters. The van der Waals surface area contributed by atoms with Gasteiger partial charge in [-0.3, -0.25) is 9.78 Å². The fraction of sp³-hybridized carbons (Fsp3) is 0.111. The van der Waals surface area contributed by atoms with Gasteiger partial charge in [0, 0.05) is 29.8 Å². The van der Waals surface area contributed by atoms with E-state index in [1.54, 1.807) is 23.8 Å². The molecule has 1 aromatic carbocycles. The van der Waals surface area contributed by atoms with Gasteiger partial charge in [0.15, 0.2) is 0 Å². The summed E-state index contributed by atoms with van der Waals surface area (Å²) >= 11 is 7.26. The number of hydrogen-bond donors (Lipinski definition) is 1. The van der Waals surface area contributed by atoms with E-state index in [1.807, 2.05) is 18.2 Å². The van der Waals surface area contributed by atoms with E-state index in [1.165, 1.54) is 16.9 Å². The van der Waals surface area contributed by atoms with Crippen LogP contribution in [0.1, 0.15) is 15.9 Å². The molecule has 0 aliphatic carbocycles. The third-order valence-corrected chi connectivity index (χ3v) is 4.94. The predicted octanol–water partition coefficient (Wildman–Crippen LogP) is 4.65. The molecule has 0 fully saturated rings. The van der Waals surface area contributed by atoms with Crippen molar-refractivity contribution in [1.82, 2.24) is 4.98 Å². The number of benzene rings is 1. The molecule has 3 heterocycles. The normalized spacial score (nSPS) is 12.5. The summed E-state index contributed by atoms with van der Waals surface area (Å²) in [5, 5.41) is 4.63. The van der Waals surface area contributed by atoms with E-state index in [4.69, 9.17) is 16.3 Å². The second kappa shape index (κ2) is 6.26. The Morgan fingerprint density at radius 2 is 2.12 bits per heavy atom. The molecule has 1 aliphatic rings. The molecule has 0 saturated heterocycles. The standard InChI is InChI=1S/C18H13ClN2O2S/c19-17-7-15(10-24-17)21-18(22)14-6-13(8-20-9-14)11-1-2-16-12(5-11)3-4-23-16/h1-2,5-10H,3-4H2,(H,21,22). The average molecular weight is 357 g/mol. The molecule has 24 heavy (non-hydrogen) atoms. The molecule has 1 N–H and O–H groups in total. The number of anilines is 1. The van der Waals surface area contributed by atoms with Crippen LogP contribution < -0.4 is 10.1 Å². The Morgan fingerprint density at radius 1 is 1.21 bits per heavy atom. The highest BCUT2D eigenvalue weighted by molar-refractivity contribution is 7.14. The van der Waals surface area contributed by atoms with E-state index >= 15 is 0 Å². The lowest BCUT2D eigenvalue weighted by molar-refractivity contribution is 0.102. The van der Waals surface area contributed by atoms with Crippen LogP contribution in [0.2, 0.25) is 4.34 Å². The number of carbonyl (C=O) groups is 1. The van der Waals surface area contributed by atoms with Crippen molar-refractivity contribution in [3.8, 4) is 16.9 Å². The van der Waals surface area contributed by atoms with Crippen LogP contribution in [0, 0.1) is 0 Å². The maximum atomic E-state index is 12.4. The summed E-state index contributed by atoms with van der Waals surface area (Å²) in [6, 6.07) is 9.62. The number of nitrogens with zero attached hydrogens (tertiary/aromatic N) is 1. The van der Waals surface area contributed by atoms with E-state index < -0.39 is 0 Å². The van der Waals surface area contributed by atoms with Crippen molar-refractivity contribution in [1.29, 1.82) is 0 Å². The van der Waals surface area contributed by atoms with Crippen LogP contribution in [0.15, 0.2) is 48.1 Å². The van der Waals surface area contributed by atoms with Crippen molar-refractivity contribution in [2.45, 2.75) is 6.42 Å². The minimum absolute atomic E-state index is 0.205. The number of nitrogens with one attached hydrogen (secondary N) is 1. The van der Waals surface area contributed by atoms with Gasteiger partial charge < -0.3 is 10.1 Å². The van der Waals surface area contributed by atoms with Crippen LogP contribution in [0.25, 0.3) is 11.1 Å². The van der Waals surface area contributed by atoms with Crippen molar-refractivity contribution in [3.63, 3.8) is 0 Å². The van der Waals surface area contributed by atoms with Crippen molar-refractivity contribution >= 4 is 34.5 Å². The summed E-state index contributed by atoms with van der Waals surface area (Å²) in [5.41, 5.74) is 4.32. The number of ether oxygens (including phenoxy) is 1. The number of hydrogen-bond acceptors (Lipinski definition) is 4. The molecular formula is C18H13ClN2O2S. The Hall–Kier alpha value is -2.37. The monoisotopic (exact) mass is 356 g/mol. The summed E-state index contributed by atoms with van der Waals surface area (Å²) in [6.07, 6.45) is 4.23. The number of rotatable bonds is 3. The van der Waals surface area contributed by atoms with Crippen LogP contribution in [0.5, 0.6) is 5.75 Å². The summed E-state index contributed by atoms with van der Waals surface area (Å²) < 4.78 is 6.17. The number of amides is 1. The number of fused-ring (bicyclic) bond motifs is 1. The molecule has 4 rings (SSSR count). The third-order valence-electron chi connectivity index (χ3n) is 3.85. The highest BCUT2D eigenvalue weighted by Crippen LogP contribution is 2.30. The van der Waals surface area contributed by atoms with E-state index in [0.717, 1.165) is 29.9 Å². The summed E-state index contributed by atoms with van der Waals surface area (Å²) in [6.45, 7) is 0.725. The van der Waals surface area contributed by atoms with Crippen LogP contribution >= 0.6 is 22.9 Å². The minimum Gasteiger partial charge on any atom is -0.493 e. The van der Waals surface area contributed by atoms with Gasteiger partial charge in [0.2, 0.25) is 0 Å². The Balaban J connectivity index is 1.60. The molecule has 4 nitrogen and oxygen atoms in total. The summed E-state index contributed by atoms with van der Waals surface area (Å²) in [5.74, 6) is 0.734. The molecule has 0 radical (unpaired) electrons. The first-order chi connectivity index (χ1) is 11.7. The van der Waals surface area contributed by atoms with Gasteiger partial charge in [0.25, 0.3) is 5.91 Å². The maximum Gasteiger partial charge on any atom is 0.257 e. The predicted molar refractivity (Wildman–Crippen MR) is 96.2 cm³/mol. The Morgan fingerprint density at radius 3 is 2.96 bits per heavy atom. The number of aromatic nitrogens is 1. The summed E-state index contributed by atoms with van der Waals surface area (Å²) in [7, 11) is 0. The second-order valence-corrected chi connectivity index (χ2v) is 7.02. The van der Waals surface area contributed by atoms with Crippen molar-refractivity contribution < 1.29 is 9.53 Å².